The van der Waals surface area contributed by atoms with Crippen LogP contribution < -0.4 is 5.73 Å². The summed E-state index contributed by atoms with van der Waals surface area (Å²) in [6.07, 6.45) is 1.81. The molecular formula is C14H16N2S. The van der Waals surface area contributed by atoms with Crippen molar-refractivity contribution in [3.05, 3.63) is 53.2 Å². The predicted octanol–water partition coefficient (Wildman–Crippen LogP) is 3.57. The number of hydrogen-bond donors (Lipinski definition) is 1. The molecule has 2 aromatic rings. The lowest BCUT2D eigenvalue weighted by molar-refractivity contribution is 1.12. The molecule has 2 rings (SSSR count). The minimum absolute atomic E-state index is 0.797. The molecule has 0 aliphatic heterocycles. The van der Waals surface area contributed by atoms with E-state index in [0.29, 0.717) is 0 Å². The summed E-state index contributed by atoms with van der Waals surface area (Å²) < 4.78 is 0. The largest absolute Gasteiger partial charge is 0.396 e. The van der Waals surface area contributed by atoms with E-state index in [0.717, 1.165) is 22.0 Å². The van der Waals surface area contributed by atoms with Crippen molar-refractivity contribution in [3.8, 4) is 0 Å². The van der Waals surface area contributed by atoms with Gasteiger partial charge in [-0.05, 0) is 36.6 Å². The van der Waals surface area contributed by atoms with Crippen molar-refractivity contribution in [1.82, 2.24) is 4.98 Å². The maximum Gasteiger partial charge on any atom is 0.120 e. The van der Waals surface area contributed by atoms with Gasteiger partial charge in [0.05, 0.1) is 5.69 Å². The lowest BCUT2D eigenvalue weighted by Crippen LogP contribution is -1.95. The third-order valence-electron chi connectivity index (χ3n) is 2.80. The maximum absolute atomic E-state index is 6.00. The monoisotopic (exact) mass is 244 g/mol. The van der Waals surface area contributed by atoms with Crippen LogP contribution in [-0.2, 0) is 5.75 Å². The first kappa shape index (κ1) is 12.0. The summed E-state index contributed by atoms with van der Waals surface area (Å²) in [5, 5.41) is 0.924. The van der Waals surface area contributed by atoms with Gasteiger partial charge in [0.2, 0.25) is 0 Å². The van der Waals surface area contributed by atoms with Gasteiger partial charge in [0.1, 0.15) is 5.03 Å². The minimum Gasteiger partial charge on any atom is -0.396 e. The molecule has 1 aromatic carbocycles. The zero-order valence-electron chi connectivity index (χ0n) is 10.1. The van der Waals surface area contributed by atoms with Gasteiger partial charge in [-0.3, -0.25) is 0 Å². The SMILES string of the molecule is Cc1ccccc1CSc1nccc(C)c1N. The molecule has 1 heterocycles. The number of nitrogens with two attached hydrogens (primary N) is 1. The Morgan fingerprint density at radius 3 is 2.65 bits per heavy atom. The second-order valence-corrected chi connectivity index (χ2v) is 5.03. The van der Waals surface area contributed by atoms with E-state index in [9.17, 15) is 0 Å². The molecule has 0 aliphatic rings. The van der Waals surface area contributed by atoms with Gasteiger partial charge in [-0.15, -0.1) is 0 Å². The van der Waals surface area contributed by atoms with E-state index >= 15 is 0 Å². The zero-order valence-corrected chi connectivity index (χ0v) is 10.9. The van der Waals surface area contributed by atoms with E-state index in [1.807, 2.05) is 19.2 Å². The van der Waals surface area contributed by atoms with Crippen LogP contribution in [0.3, 0.4) is 0 Å². The van der Waals surface area contributed by atoms with Crippen molar-refractivity contribution in [2.24, 2.45) is 0 Å². The summed E-state index contributed by atoms with van der Waals surface area (Å²) in [7, 11) is 0. The molecule has 1 aromatic heterocycles. The van der Waals surface area contributed by atoms with Crippen molar-refractivity contribution in [2.75, 3.05) is 5.73 Å². The van der Waals surface area contributed by atoms with Gasteiger partial charge in [0, 0.05) is 11.9 Å². The molecule has 3 heteroatoms. The molecule has 0 fully saturated rings. The number of nitrogen functional groups attached to an aromatic ring is 1. The molecule has 0 amide bonds. The summed E-state index contributed by atoms with van der Waals surface area (Å²) >= 11 is 1.69. The normalized spacial score (nSPS) is 10.5. The quantitative estimate of drug-likeness (QED) is 0.839. The highest BCUT2D eigenvalue weighted by Gasteiger charge is 2.05. The van der Waals surface area contributed by atoms with E-state index in [2.05, 4.69) is 36.2 Å². The van der Waals surface area contributed by atoms with Crippen LogP contribution in [0.4, 0.5) is 5.69 Å². The molecule has 0 saturated heterocycles. The second kappa shape index (κ2) is 5.23. The predicted molar refractivity (Wildman–Crippen MR) is 74.1 cm³/mol. The van der Waals surface area contributed by atoms with Gasteiger partial charge >= 0.3 is 0 Å². The van der Waals surface area contributed by atoms with E-state index in [1.165, 1.54) is 11.1 Å². The zero-order chi connectivity index (χ0) is 12.3. The van der Waals surface area contributed by atoms with Crippen LogP contribution in [0, 0.1) is 13.8 Å². The fraction of sp³-hybridized carbons (Fsp3) is 0.214. The van der Waals surface area contributed by atoms with Crippen LogP contribution >= 0.6 is 11.8 Å². The summed E-state index contributed by atoms with van der Waals surface area (Å²) in [5.41, 5.74) is 10.5. The molecule has 0 bridgehead atoms. The molecule has 0 aliphatic carbocycles. The number of pyridine rings is 1. The van der Waals surface area contributed by atoms with Crippen molar-refractivity contribution in [1.29, 1.82) is 0 Å². The fourth-order valence-electron chi connectivity index (χ4n) is 1.58. The highest BCUT2D eigenvalue weighted by atomic mass is 32.2. The summed E-state index contributed by atoms with van der Waals surface area (Å²) in [4.78, 5) is 4.32. The van der Waals surface area contributed by atoms with E-state index in [-0.39, 0.29) is 0 Å². The van der Waals surface area contributed by atoms with Crippen molar-refractivity contribution in [3.63, 3.8) is 0 Å². The average molecular weight is 244 g/mol. The molecule has 0 saturated carbocycles. The summed E-state index contributed by atoms with van der Waals surface area (Å²) in [6.45, 7) is 4.14. The van der Waals surface area contributed by atoms with Crippen molar-refractivity contribution >= 4 is 17.4 Å². The number of aromatic nitrogens is 1. The number of aryl methyl sites for hydroxylation is 2. The molecule has 0 spiro atoms. The Morgan fingerprint density at radius 1 is 1.12 bits per heavy atom. The van der Waals surface area contributed by atoms with Crippen LogP contribution in [0.2, 0.25) is 0 Å². The topological polar surface area (TPSA) is 38.9 Å². The van der Waals surface area contributed by atoms with Crippen molar-refractivity contribution in [2.45, 2.75) is 24.6 Å². The Kier molecular flexibility index (Phi) is 3.69. The third kappa shape index (κ3) is 2.80. The molecule has 88 valence electrons. The first-order valence-corrected chi connectivity index (χ1v) is 6.55. The van der Waals surface area contributed by atoms with E-state index in [4.69, 9.17) is 5.73 Å². The highest BCUT2D eigenvalue weighted by molar-refractivity contribution is 7.98. The van der Waals surface area contributed by atoms with Crippen LogP contribution in [0.15, 0.2) is 41.6 Å². The van der Waals surface area contributed by atoms with Crippen LogP contribution in [0.1, 0.15) is 16.7 Å². The smallest absolute Gasteiger partial charge is 0.120 e. The average Bonchev–Trinajstić information content (AvgIpc) is 2.33. The number of thioether (sulfide) groups is 1. The molecule has 17 heavy (non-hydrogen) atoms. The Labute approximate surface area is 106 Å². The molecule has 2 N–H and O–H groups in total. The summed E-state index contributed by atoms with van der Waals surface area (Å²) in [6, 6.07) is 10.3. The Hall–Kier alpha value is -1.48. The molecule has 0 atom stereocenters. The third-order valence-corrected chi connectivity index (χ3v) is 3.85. The lowest BCUT2D eigenvalue weighted by atomic mass is 10.1. The lowest BCUT2D eigenvalue weighted by Gasteiger charge is -2.08. The van der Waals surface area contributed by atoms with Gasteiger partial charge in [0.25, 0.3) is 0 Å². The number of anilines is 1. The first-order chi connectivity index (χ1) is 8.18. The van der Waals surface area contributed by atoms with Gasteiger partial charge in [-0.25, -0.2) is 4.98 Å². The molecule has 0 radical (unpaired) electrons. The number of hydrogen-bond acceptors (Lipinski definition) is 3. The second-order valence-electron chi connectivity index (χ2n) is 4.06. The number of benzene rings is 1. The van der Waals surface area contributed by atoms with Crippen LogP contribution in [-0.4, -0.2) is 4.98 Å². The van der Waals surface area contributed by atoms with Crippen molar-refractivity contribution < 1.29 is 0 Å². The number of rotatable bonds is 3. The summed E-state index contributed by atoms with van der Waals surface area (Å²) in [5.74, 6) is 0.910. The fourth-order valence-corrected chi connectivity index (χ4v) is 2.65. The standard InChI is InChI=1S/C14H16N2S/c1-10-5-3-4-6-12(10)9-17-14-13(15)11(2)7-8-16-14/h3-8H,9,15H2,1-2H3. The van der Waals surface area contributed by atoms with Crippen LogP contribution in [0.5, 0.6) is 0 Å². The van der Waals surface area contributed by atoms with Crippen LogP contribution in [0.25, 0.3) is 0 Å². The first-order valence-electron chi connectivity index (χ1n) is 5.57. The molecule has 0 unspecified atom stereocenters. The number of nitrogens with zero attached hydrogens (tertiary/aromatic N) is 1. The Balaban J connectivity index is 2.13. The maximum atomic E-state index is 6.00. The van der Waals surface area contributed by atoms with Gasteiger partial charge in [0.15, 0.2) is 0 Å². The minimum atomic E-state index is 0.797. The highest BCUT2D eigenvalue weighted by Crippen LogP contribution is 2.28. The molecular weight excluding hydrogens is 228 g/mol. The van der Waals surface area contributed by atoms with Gasteiger partial charge in [-0.2, -0.15) is 0 Å². The van der Waals surface area contributed by atoms with Gasteiger partial charge in [-0.1, -0.05) is 36.0 Å². The van der Waals surface area contributed by atoms with Gasteiger partial charge < -0.3 is 5.73 Å². The molecule has 2 nitrogen and oxygen atoms in total. The van der Waals surface area contributed by atoms with E-state index < -0.39 is 0 Å². The Bertz CT molecular complexity index is 523. The Morgan fingerprint density at radius 2 is 1.88 bits per heavy atom. The van der Waals surface area contributed by atoms with E-state index in [1.54, 1.807) is 11.8 Å².